The van der Waals surface area contributed by atoms with E-state index in [2.05, 4.69) is 9.69 Å². The zero-order chi connectivity index (χ0) is 25.0. The van der Waals surface area contributed by atoms with E-state index < -0.39 is 23.4 Å². The molecule has 3 rings (SSSR count). The second-order valence-corrected chi connectivity index (χ2v) is 9.96. The normalized spacial score (nSPS) is 12.1. The maximum Gasteiger partial charge on any atom is 0.270 e. The Hall–Kier alpha value is -3.43. The Bertz CT molecular complexity index is 1190. The highest BCUT2D eigenvalue weighted by atomic mass is 35.5. The van der Waals surface area contributed by atoms with Crippen molar-refractivity contribution in [2.75, 3.05) is 5.73 Å². The highest BCUT2D eigenvalue weighted by Crippen LogP contribution is 2.31. The molecule has 178 valence electrons. The average Bonchev–Trinajstić information content (AvgIpc) is 3.15. The van der Waals surface area contributed by atoms with Crippen LogP contribution in [-0.4, -0.2) is 32.5 Å². The van der Waals surface area contributed by atoms with E-state index in [1.54, 1.807) is 24.3 Å². The van der Waals surface area contributed by atoms with Gasteiger partial charge in [-0.25, -0.2) is 0 Å². The molecule has 0 saturated heterocycles. The summed E-state index contributed by atoms with van der Waals surface area (Å²) in [6, 6.07) is 15.0. The third kappa shape index (κ3) is 5.92. The molecular weight excluding hydrogens is 474 g/mol. The summed E-state index contributed by atoms with van der Waals surface area (Å²) in [7, 11) is 0. The number of nitrogens with one attached hydrogen (secondary N) is 1. The van der Waals surface area contributed by atoms with Crippen molar-refractivity contribution >= 4 is 46.5 Å². The molecule has 3 aromatic rings. The van der Waals surface area contributed by atoms with Crippen LogP contribution in [0, 0.1) is 0 Å². The molecule has 0 aliphatic rings. The van der Waals surface area contributed by atoms with Gasteiger partial charge in [-0.2, -0.15) is 4.37 Å². The van der Waals surface area contributed by atoms with E-state index in [1.807, 2.05) is 51.1 Å². The van der Waals surface area contributed by atoms with Crippen molar-refractivity contribution in [3.8, 4) is 0 Å². The van der Waals surface area contributed by atoms with Gasteiger partial charge in [-0.1, -0.05) is 54.1 Å². The Morgan fingerprint density at radius 2 is 1.71 bits per heavy atom. The van der Waals surface area contributed by atoms with E-state index in [4.69, 9.17) is 23.1 Å². The standard InChI is InChI=1S/C24H26ClN5O3S/c1-24(2,3)28-22(32)19(15-9-11-16(25)12-10-15)30(13-14-7-5-4-6-8-14)23(33)20-17(26)18(21(27)31)29-34-20/h4-12,19H,13,26H2,1-3H3,(H2,27,31)(H,28,32)/t19-/m0/s1. The van der Waals surface area contributed by atoms with Crippen LogP contribution >= 0.6 is 23.1 Å². The van der Waals surface area contributed by atoms with Crippen molar-refractivity contribution in [2.24, 2.45) is 5.73 Å². The van der Waals surface area contributed by atoms with Crippen LogP contribution in [0.1, 0.15) is 58.1 Å². The minimum absolute atomic E-state index is 0.0345. The van der Waals surface area contributed by atoms with Gasteiger partial charge in [0.2, 0.25) is 5.91 Å². The Labute approximate surface area is 207 Å². The molecular formula is C24H26ClN5O3S. The third-order valence-corrected chi connectivity index (χ3v) is 5.96. The maximum atomic E-state index is 13.8. The SMILES string of the molecule is CC(C)(C)NC(=O)[C@H](c1ccc(Cl)cc1)N(Cc1ccccc1)C(=O)c1snc(C(N)=O)c1N. The minimum atomic E-state index is -1.01. The van der Waals surface area contributed by atoms with E-state index >= 15 is 0 Å². The molecule has 0 fully saturated rings. The first-order valence-electron chi connectivity index (χ1n) is 10.4. The van der Waals surface area contributed by atoms with Gasteiger partial charge in [-0.3, -0.25) is 14.4 Å². The monoisotopic (exact) mass is 499 g/mol. The van der Waals surface area contributed by atoms with Crippen molar-refractivity contribution in [1.29, 1.82) is 0 Å². The molecule has 2 aromatic carbocycles. The van der Waals surface area contributed by atoms with E-state index in [1.165, 1.54) is 4.90 Å². The molecule has 0 aliphatic carbocycles. The van der Waals surface area contributed by atoms with Crippen LogP contribution in [0.2, 0.25) is 5.02 Å². The first-order chi connectivity index (χ1) is 16.0. The predicted octanol–water partition coefficient (Wildman–Crippen LogP) is 3.78. The molecule has 10 heteroatoms. The Kier molecular flexibility index (Phi) is 7.58. The van der Waals surface area contributed by atoms with Crippen molar-refractivity contribution in [2.45, 2.75) is 38.9 Å². The van der Waals surface area contributed by atoms with Gasteiger partial charge in [0.25, 0.3) is 11.8 Å². The van der Waals surface area contributed by atoms with Gasteiger partial charge >= 0.3 is 0 Å². The molecule has 5 N–H and O–H groups in total. The first kappa shape index (κ1) is 25.2. The largest absolute Gasteiger partial charge is 0.395 e. The van der Waals surface area contributed by atoms with E-state index in [9.17, 15) is 14.4 Å². The summed E-state index contributed by atoms with van der Waals surface area (Å²) in [6.07, 6.45) is 0. The molecule has 0 unspecified atom stereocenters. The number of amides is 3. The van der Waals surface area contributed by atoms with E-state index in [0.717, 1.165) is 17.1 Å². The minimum Gasteiger partial charge on any atom is -0.395 e. The zero-order valence-corrected chi connectivity index (χ0v) is 20.6. The highest BCUT2D eigenvalue weighted by Gasteiger charge is 2.36. The number of nitrogen functional groups attached to an aromatic ring is 1. The Balaban J connectivity index is 2.15. The van der Waals surface area contributed by atoms with E-state index in [-0.39, 0.29) is 28.7 Å². The van der Waals surface area contributed by atoms with Crippen LogP contribution in [0.4, 0.5) is 5.69 Å². The number of anilines is 1. The quantitative estimate of drug-likeness (QED) is 0.455. The zero-order valence-electron chi connectivity index (χ0n) is 19.0. The number of primary amides is 1. The number of nitrogens with zero attached hydrogens (tertiary/aromatic N) is 2. The summed E-state index contributed by atoms with van der Waals surface area (Å²) in [5, 5.41) is 3.46. The molecule has 3 amide bonds. The van der Waals surface area contributed by atoms with Crippen LogP contribution < -0.4 is 16.8 Å². The fourth-order valence-corrected chi connectivity index (χ4v) is 4.26. The van der Waals surface area contributed by atoms with Gasteiger partial charge in [0.05, 0.1) is 5.69 Å². The maximum absolute atomic E-state index is 13.8. The number of benzene rings is 2. The number of hydrogen-bond donors (Lipinski definition) is 3. The van der Waals surface area contributed by atoms with Crippen LogP contribution in [0.3, 0.4) is 0 Å². The topological polar surface area (TPSA) is 131 Å². The lowest BCUT2D eigenvalue weighted by molar-refractivity contribution is -0.127. The molecule has 1 atom stereocenters. The fraction of sp³-hybridized carbons (Fsp3) is 0.250. The number of carbonyl (C=O) groups excluding carboxylic acids is 3. The first-order valence-corrected chi connectivity index (χ1v) is 11.6. The lowest BCUT2D eigenvalue weighted by Gasteiger charge is -2.33. The molecule has 0 saturated carbocycles. The van der Waals surface area contributed by atoms with Gasteiger partial charge < -0.3 is 21.7 Å². The molecule has 0 radical (unpaired) electrons. The second-order valence-electron chi connectivity index (χ2n) is 8.75. The van der Waals surface area contributed by atoms with Crippen LogP contribution in [0.25, 0.3) is 0 Å². The van der Waals surface area contributed by atoms with Crippen molar-refractivity contribution in [3.05, 3.63) is 81.3 Å². The number of rotatable bonds is 7. The van der Waals surface area contributed by atoms with Gasteiger partial charge in [0.1, 0.15) is 10.9 Å². The average molecular weight is 500 g/mol. The van der Waals surface area contributed by atoms with Crippen LogP contribution in [-0.2, 0) is 11.3 Å². The van der Waals surface area contributed by atoms with Gasteiger partial charge in [-0.15, -0.1) is 0 Å². The number of aromatic nitrogens is 1. The fourth-order valence-electron chi connectivity index (χ4n) is 3.38. The van der Waals surface area contributed by atoms with Crippen LogP contribution in [0.15, 0.2) is 54.6 Å². The Morgan fingerprint density at radius 3 is 2.24 bits per heavy atom. The summed E-state index contributed by atoms with van der Waals surface area (Å²) in [5.41, 5.74) is 11.9. The smallest absolute Gasteiger partial charge is 0.270 e. The lowest BCUT2D eigenvalue weighted by Crippen LogP contribution is -2.49. The lowest BCUT2D eigenvalue weighted by atomic mass is 10.0. The highest BCUT2D eigenvalue weighted by molar-refractivity contribution is 7.09. The van der Waals surface area contributed by atoms with Gasteiger partial charge in [0.15, 0.2) is 5.69 Å². The predicted molar refractivity (Wildman–Crippen MR) is 133 cm³/mol. The van der Waals surface area contributed by atoms with Crippen molar-refractivity contribution < 1.29 is 14.4 Å². The van der Waals surface area contributed by atoms with Gasteiger partial charge in [-0.05, 0) is 55.6 Å². The third-order valence-electron chi connectivity index (χ3n) is 4.86. The second kappa shape index (κ2) is 10.2. The summed E-state index contributed by atoms with van der Waals surface area (Å²) in [5.74, 6) is -1.75. The van der Waals surface area contributed by atoms with Crippen molar-refractivity contribution in [1.82, 2.24) is 14.6 Å². The van der Waals surface area contributed by atoms with Gasteiger partial charge in [0, 0.05) is 17.1 Å². The summed E-state index contributed by atoms with van der Waals surface area (Å²) >= 11 is 6.85. The molecule has 1 aromatic heterocycles. The molecule has 1 heterocycles. The number of hydrogen-bond acceptors (Lipinski definition) is 6. The van der Waals surface area contributed by atoms with Crippen LogP contribution in [0.5, 0.6) is 0 Å². The molecule has 34 heavy (non-hydrogen) atoms. The summed E-state index contributed by atoms with van der Waals surface area (Å²) < 4.78 is 3.95. The number of nitrogens with two attached hydrogens (primary N) is 2. The molecule has 0 spiro atoms. The summed E-state index contributed by atoms with van der Waals surface area (Å²) in [4.78, 5) is 40.5. The van der Waals surface area contributed by atoms with E-state index in [0.29, 0.717) is 10.6 Å². The Morgan fingerprint density at radius 1 is 1.09 bits per heavy atom. The molecule has 8 nitrogen and oxygen atoms in total. The molecule has 0 aliphatic heterocycles. The number of halogens is 1. The van der Waals surface area contributed by atoms with Crippen molar-refractivity contribution in [3.63, 3.8) is 0 Å². The summed E-state index contributed by atoms with van der Waals surface area (Å²) in [6.45, 7) is 5.67. The molecule has 0 bridgehead atoms. The number of carbonyl (C=O) groups is 3.